The molecule has 0 amide bonds. The van der Waals surface area contributed by atoms with Gasteiger partial charge in [-0.25, -0.2) is 8.42 Å². The van der Waals surface area contributed by atoms with Gasteiger partial charge in [-0.2, -0.15) is 0 Å². The lowest BCUT2D eigenvalue weighted by molar-refractivity contribution is -0.136. The van der Waals surface area contributed by atoms with Crippen LogP contribution in [-0.2, 0) is 14.8 Å². The number of carbonyl (C=O) groups is 1. The Bertz CT molecular complexity index is 754. The van der Waals surface area contributed by atoms with Gasteiger partial charge in [-0.3, -0.25) is 9.52 Å². The van der Waals surface area contributed by atoms with Gasteiger partial charge in [0.2, 0.25) is 10.0 Å². The maximum Gasteiger partial charge on any atom is 0.304 e. The summed E-state index contributed by atoms with van der Waals surface area (Å²) < 4.78 is 25.9. The van der Waals surface area contributed by atoms with Gasteiger partial charge in [0.1, 0.15) is 5.75 Å². The second kappa shape index (κ2) is 5.38. The number of hydrogen-bond acceptors (Lipinski definition) is 4. The topological polar surface area (TPSA) is 104 Å². The highest BCUT2D eigenvalue weighted by molar-refractivity contribution is 7.92. The average molecular weight is 295 g/mol. The van der Waals surface area contributed by atoms with Gasteiger partial charge in [0.25, 0.3) is 0 Å². The van der Waals surface area contributed by atoms with Crippen molar-refractivity contribution in [1.82, 2.24) is 0 Å². The summed E-state index contributed by atoms with van der Waals surface area (Å²) in [4.78, 5) is 10.4. The molecule has 20 heavy (non-hydrogen) atoms. The lowest BCUT2D eigenvalue weighted by Gasteiger charge is -2.10. The summed E-state index contributed by atoms with van der Waals surface area (Å²) in [7, 11) is -3.75. The number of aromatic hydroxyl groups is 1. The molecule has 0 aliphatic heterocycles. The molecule has 0 radical (unpaired) electrons. The number of sulfonamides is 1. The molecule has 0 spiro atoms. The zero-order chi connectivity index (χ0) is 14.8. The Balaban J connectivity index is 2.35. The van der Waals surface area contributed by atoms with Crippen LogP contribution in [0.4, 0.5) is 5.69 Å². The molecule has 0 heterocycles. The number of anilines is 1. The molecule has 3 N–H and O–H groups in total. The van der Waals surface area contributed by atoms with Crippen LogP contribution in [0.1, 0.15) is 6.42 Å². The molecule has 0 aliphatic carbocycles. The summed E-state index contributed by atoms with van der Waals surface area (Å²) in [5.74, 6) is -1.63. The van der Waals surface area contributed by atoms with Crippen LogP contribution in [0.3, 0.4) is 0 Å². The van der Waals surface area contributed by atoms with E-state index in [0.29, 0.717) is 16.5 Å². The quantitative estimate of drug-likeness (QED) is 0.779. The number of fused-ring (bicyclic) bond motifs is 1. The van der Waals surface area contributed by atoms with Crippen molar-refractivity contribution in [2.24, 2.45) is 0 Å². The highest BCUT2D eigenvalue weighted by Gasteiger charge is 2.14. The number of rotatable bonds is 5. The number of aliphatic carboxylic acids is 1. The van der Waals surface area contributed by atoms with Crippen molar-refractivity contribution in [3.05, 3.63) is 36.4 Å². The largest absolute Gasteiger partial charge is 0.507 e. The summed E-state index contributed by atoms with van der Waals surface area (Å²) in [6.45, 7) is 0. The normalized spacial score (nSPS) is 11.4. The average Bonchev–Trinajstić information content (AvgIpc) is 2.38. The van der Waals surface area contributed by atoms with Gasteiger partial charge in [0.15, 0.2) is 0 Å². The zero-order valence-corrected chi connectivity index (χ0v) is 11.2. The highest BCUT2D eigenvalue weighted by Crippen LogP contribution is 2.30. The molecular weight excluding hydrogens is 282 g/mol. The molecule has 2 aromatic rings. The number of phenolic OH excluding ortho intramolecular Hbond substituents is 1. The van der Waals surface area contributed by atoms with Crippen LogP contribution in [0.2, 0.25) is 0 Å². The maximum atomic E-state index is 11.8. The number of carboxylic acids is 1. The van der Waals surface area contributed by atoms with Gasteiger partial charge < -0.3 is 10.2 Å². The minimum atomic E-state index is -3.75. The molecule has 0 bridgehead atoms. The molecule has 2 rings (SSSR count). The van der Waals surface area contributed by atoms with Crippen LogP contribution >= 0.6 is 0 Å². The molecule has 0 saturated heterocycles. The second-order valence-corrected chi connectivity index (χ2v) is 6.08. The second-order valence-electron chi connectivity index (χ2n) is 4.24. The number of nitrogens with one attached hydrogen (secondary N) is 1. The van der Waals surface area contributed by atoms with E-state index in [9.17, 15) is 18.3 Å². The monoisotopic (exact) mass is 295 g/mol. The van der Waals surface area contributed by atoms with E-state index < -0.39 is 28.2 Å². The predicted molar refractivity (Wildman–Crippen MR) is 75.3 cm³/mol. The third-order valence-corrected chi connectivity index (χ3v) is 4.02. The molecule has 0 aromatic heterocycles. The number of hydrogen-bond donors (Lipinski definition) is 3. The van der Waals surface area contributed by atoms with Gasteiger partial charge in [-0.1, -0.05) is 24.3 Å². The van der Waals surface area contributed by atoms with Crippen molar-refractivity contribution >= 4 is 32.5 Å². The Morgan fingerprint density at radius 3 is 2.45 bits per heavy atom. The van der Waals surface area contributed by atoms with Gasteiger partial charge in [0, 0.05) is 10.8 Å². The SMILES string of the molecule is O=C(O)CCS(=O)(=O)Nc1cccc2c(O)cccc12. The van der Waals surface area contributed by atoms with Crippen molar-refractivity contribution in [3.8, 4) is 5.75 Å². The molecule has 7 heteroatoms. The van der Waals surface area contributed by atoms with E-state index in [1.807, 2.05) is 0 Å². The van der Waals surface area contributed by atoms with Crippen LogP contribution < -0.4 is 4.72 Å². The van der Waals surface area contributed by atoms with E-state index in [2.05, 4.69) is 4.72 Å². The zero-order valence-electron chi connectivity index (χ0n) is 10.4. The van der Waals surface area contributed by atoms with Crippen molar-refractivity contribution in [1.29, 1.82) is 0 Å². The molecule has 6 nitrogen and oxygen atoms in total. The van der Waals surface area contributed by atoms with Crippen LogP contribution in [-0.4, -0.2) is 30.4 Å². The van der Waals surface area contributed by atoms with E-state index >= 15 is 0 Å². The van der Waals surface area contributed by atoms with Gasteiger partial charge >= 0.3 is 5.97 Å². The Labute approximate surface area is 115 Å². The Morgan fingerprint density at radius 2 is 1.75 bits per heavy atom. The van der Waals surface area contributed by atoms with E-state index in [4.69, 9.17) is 5.11 Å². The Morgan fingerprint density at radius 1 is 1.10 bits per heavy atom. The number of phenols is 1. The van der Waals surface area contributed by atoms with E-state index in [1.165, 1.54) is 6.07 Å². The van der Waals surface area contributed by atoms with E-state index in [1.54, 1.807) is 30.3 Å². The third-order valence-electron chi connectivity index (χ3n) is 2.75. The fraction of sp³-hybridized carbons (Fsp3) is 0.154. The highest BCUT2D eigenvalue weighted by atomic mass is 32.2. The van der Waals surface area contributed by atoms with E-state index in [0.717, 1.165) is 0 Å². The fourth-order valence-corrected chi connectivity index (χ4v) is 2.88. The smallest absolute Gasteiger partial charge is 0.304 e. The van der Waals surface area contributed by atoms with Crippen molar-refractivity contribution in [2.75, 3.05) is 10.5 Å². The molecule has 0 saturated carbocycles. The lowest BCUT2D eigenvalue weighted by atomic mass is 10.1. The minimum absolute atomic E-state index is 0.0501. The first-order chi connectivity index (χ1) is 9.39. The first-order valence-electron chi connectivity index (χ1n) is 5.82. The molecule has 106 valence electrons. The maximum absolute atomic E-state index is 11.8. The number of benzene rings is 2. The van der Waals surface area contributed by atoms with Gasteiger partial charge in [-0.15, -0.1) is 0 Å². The summed E-state index contributed by atoms with van der Waals surface area (Å²) in [5, 5.41) is 19.3. The van der Waals surface area contributed by atoms with Gasteiger partial charge in [0.05, 0.1) is 17.9 Å². The summed E-state index contributed by atoms with van der Waals surface area (Å²) >= 11 is 0. The van der Waals surface area contributed by atoms with Crippen LogP contribution in [0.5, 0.6) is 5.75 Å². The fourth-order valence-electron chi connectivity index (χ4n) is 1.82. The molecule has 0 aliphatic rings. The Hall–Kier alpha value is -2.28. The third kappa shape index (κ3) is 3.18. The van der Waals surface area contributed by atoms with Crippen LogP contribution in [0.15, 0.2) is 36.4 Å². The van der Waals surface area contributed by atoms with Crippen LogP contribution in [0.25, 0.3) is 10.8 Å². The standard InChI is InChI=1S/C13H13NO5S/c15-12-6-2-3-9-10(12)4-1-5-11(9)14-20(18,19)8-7-13(16)17/h1-6,14-15H,7-8H2,(H,16,17). The summed E-state index contributed by atoms with van der Waals surface area (Å²) in [6.07, 6.45) is -0.467. The molecule has 0 fully saturated rings. The molecular formula is C13H13NO5S. The van der Waals surface area contributed by atoms with Gasteiger partial charge in [-0.05, 0) is 12.1 Å². The molecule has 2 aromatic carbocycles. The lowest BCUT2D eigenvalue weighted by Crippen LogP contribution is -2.19. The number of carboxylic acid groups (broad SMARTS) is 1. The summed E-state index contributed by atoms with van der Waals surface area (Å²) in [6, 6.07) is 9.61. The van der Waals surface area contributed by atoms with Crippen molar-refractivity contribution in [2.45, 2.75) is 6.42 Å². The first kappa shape index (κ1) is 14.1. The molecule has 0 atom stereocenters. The van der Waals surface area contributed by atoms with Crippen molar-refractivity contribution < 1.29 is 23.4 Å². The van der Waals surface area contributed by atoms with E-state index in [-0.39, 0.29) is 5.75 Å². The predicted octanol–water partition coefficient (Wildman–Crippen LogP) is 1.76. The minimum Gasteiger partial charge on any atom is -0.507 e. The van der Waals surface area contributed by atoms with Crippen LogP contribution in [0, 0.1) is 0 Å². The Kier molecular flexibility index (Phi) is 3.80. The molecule has 0 unspecified atom stereocenters. The first-order valence-corrected chi connectivity index (χ1v) is 7.47. The van der Waals surface area contributed by atoms with Crippen molar-refractivity contribution in [3.63, 3.8) is 0 Å². The summed E-state index contributed by atoms with van der Waals surface area (Å²) in [5.41, 5.74) is 0.309.